The van der Waals surface area contributed by atoms with Gasteiger partial charge in [0.2, 0.25) is 0 Å². The highest BCUT2D eigenvalue weighted by Gasteiger charge is 2.49. The van der Waals surface area contributed by atoms with Crippen LogP contribution in [0.5, 0.6) is 0 Å². The van der Waals surface area contributed by atoms with Crippen molar-refractivity contribution in [1.29, 1.82) is 0 Å². The average Bonchev–Trinajstić information content (AvgIpc) is 3.66. The molecule has 3 nitrogen and oxygen atoms in total. The Balaban J connectivity index is 1.33. The number of hydrogen-bond donors (Lipinski definition) is 0. The first-order valence-corrected chi connectivity index (χ1v) is 23.8. The molecule has 0 amide bonds. The van der Waals surface area contributed by atoms with Crippen LogP contribution < -0.4 is 26.4 Å². The summed E-state index contributed by atoms with van der Waals surface area (Å²) in [7, 11) is 0. The number of aryl methyl sites for hydroxylation is 1. The van der Waals surface area contributed by atoms with E-state index in [0.717, 1.165) is 40.8 Å². The molecule has 7 aromatic carbocycles. The maximum absolute atomic E-state index is 7.47. The Bertz CT molecular complexity index is 3120. The summed E-state index contributed by atoms with van der Waals surface area (Å²) in [5.41, 5.74) is 23.1. The zero-order chi connectivity index (χ0) is 45.4. The quantitative estimate of drug-likeness (QED) is 0.165. The van der Waals surface area contributed by atoms with Crippen molar-refractivity contribution in [1.82, 2.24) is 0 Å². The third-order valence-corrected chi connectivity index (χ3v) is 15.0. The van der Waals surface area contributed by atoms with Gasteiger partial charge in [-0.15, -0.1) is 0 Å². The predicted molar refractivity (Wildman–Crippen MR) is 279 cm³/mol. The zero-order valence-corrected chi connectivity index (χ0v) is 40.2. The second kappa shape index (κ2) is 14.4. The summed E-state index contributed by atoms with van der Waals surface area (Å²) in [6, 6.07) is 55.2. The maximum Gasteiger partial charge on any atom is 0.297 e. The van der Waals surface area contributed by atoms with Gasteiger partial charge in [0.25, 0.3) is 6.71 Å². The predicted octanol–water partition coefficient (Wildman–Crippen LogP) is 15.1. The molecule has 0 fully saturated rings. The summed E-state index contributed by atoms with van der Waals surface area (Å²) < 4.78 is 7.47. The number of nitrogens with zero attached hydrogens (tertiary/aromatic N) is 2. The van der Waals surface area contributed by atoms with Gasteiger partial charge in [-0.1, -0.05) is 160 Å². The minimum Gasteiger partial charge on any atom is -0.468 e. The Labute approximate surface area is 387 Å². The summed E-state index contributed by atoms with van der Waals surface area (Å²) >= 11 is 0. The van der Waals surface area contributed by atoms with Gasteiger partial charge in [-0.05, 0) is 146 Å². The number of anilines is 6. The van der Waals surface area contributed by atoms with Crippen LogP contribution in [0.1, 0.15) is 110 Å². The van der Waals surface area contributed by atoms with Gasteiger partial charge < -0.3 is 14.2 Å². The van der Waals surface area contributed by atoms with Crippen LogP contribution in [0.25, 0.3) is 33.2 Å². The molecule has 8 aromatic rings. The molecule has 0 spiro atoms. The molecule has 0 atom stereocenters. The van der Waals surface area contributed by atoms with Crippen LogP contribution in [0.15, 0.2) is 150 Å². The lowest BCUT2D eigenvalue weighted by molar-refractivity contribution is 0.332. The average molecular weight is 849 g/mol. The molecule has 0 unspecified atom stereocenters. The fourth-order valence-corrected chi connectivity index (χ4v) is 11.2. The molecule has 2 aliphatic heterocycles. The normalized spacial score (nSPS) is 16.0. The van der Waals surface area contributed by atoms with E-state index in [4.69, 9.17) is 4.42 Å². The Morgan fingerprint density at radius 1 is 0.523 bits per heavy atom. The number of fused-ring (bicyclic) bond motifs is 7. The van der Waals surface area contributed by atoms with E-state index in [0.29, 0.717) is 0 Å². The summed E-state index contributed by atoms with van der Waals surface area (Å²) in [6.45, 7) is 25.9. The van der Waals surface area contributed by atoms with Gasteiger partial charge in [0.1, 0.15) is 5.58 Å². The van der Waals surface area contributed by atoms with Crippen LogP contribution in [-0.4, -0.2) is 6.71 Å². The largest absolute Gasteiger partial charge is 0.468 e. The van der Waals surface area contributed by atoms with Crippen molar-refractivity contribution in [3.63, 3.8) is 0 Å². The number of benzene rings is 7. The molecular weight excluding hydrogens is 787 g/mol. The Morgan fingerprint density at radius 3 is 1.60 bits per heavy atom. The van der Waals surface area contributed by atoms with Gasteiger partial charge in [-0.2, -0.15) is 0 Å². The van der Waals surface area contributed by atoms with Crippen LogP contribution in [0.4, 0.5) is 34.1 Å². The third kappa shape index (κ3) is 6.53. The molecule has 0 saturated carbocycles. The highest BCUT2D eigenvalue weighted by Crippen LogP contribution is 2.54. The van der Waals surface area contributed by atoms with E-state index in [1.165, 1.54) is 83.7 Å². The molecule has 11 rings (SSSR count). The number of rotatable bonds is 4. The lowest BCUT2D eigenvalue weighted by atomic mass is 9.35. The molecule has 0 saturated heterocycles. The molecule has 0 bridgehead atoms. The van der Waals surface area contributed by atoms with Gasteiger partial charge in [-0.25, -0.2) is 0 Å². The van der Waals surface area contributed by atoms with Crippen LogP contribution in [0, 0.1) is 6.92 Å². The van der Waals surface area contributed by atoms with E-state index in [-0.39, 0.29) is 28.4 Å². The van der Waals surface area contributed by atoms with Crippen LogP contribution in [0.2, 0.25) is 0 Å². The summed E-state index contributed by atoms with van der Waals surface area (Å²) in [4.78, 5) is 5.19. The van der Waals surface area contributed by atoms with E-state index in [2.05, 4.69) is 232 Å². The van der Waals surface area contributed by atoms with Crippen molar-refractivity contribution in [2.45, 2.75) is 111 Å². The standard InChI is InChI=1S/C61H61BN2O/c1-38-31-51-54-52(32-38)64(55-45(39-21-15-12-16-22-39)33-42(59(5,6)7)34-46(55)40-23-17-13-18-24-40)50-37-48-47(60(8,9)29-30-61(48,10)11)36-49(50)62(54)57-56(63(51)43-25-19-14-20-26-43)44-28-27-41(58(2,3)4)35-53(44)65-57/h12-28,31-37H,29-30H2,1-11H3. The molecule has 324 valence electrons. The van der Waals surface area contributed by atoms with E-state index in [9.17, 15) is 0 Å². The van der Waals surface area contributed by atoms with Crippen molar-refractivity contribution in [3.8, 4) is 22.3 Å². The highest BCUT2D eigenvalue weighted by atomic mass is 16.3. The Morgan fingerprint density at radius 2 is 1.05 bits per heavy atom. The Kier molecular flexibility index (Phi) is 9.16. The van der Waals surface area contributed by atoms with E-state index < -0.39 is 0 Å². The van der Waals surface area contributed by atoms with Crippen molar-refractivity contribution < 1.29 is 4.42 Å². The van der Waals surface area contributed by atoms with Gasteiger partial charge in [0, 0.05) is 39.3 Å². The summed E-state index contributed by atoms with van der Waals surface area (Å²) in [5, 5.41) is 1.14. The number of furan rings is 1. The molecule has 0 radical (unpaired) electrons. The number of para-hydroxylation sites is 1. The Hall–Kier alpha value is -6.26. The second-order valence-corrected chi connectivity index (χ2v) is 22.6. The second-order valence-electron chi connectivity index (χ2n) is 22.6. The molecule has 1 aliphatic carbocycles. The van der Waals surface area contributed by atoms with Crippen LogP contribution >= 0.6 is 0 Å². The molecule has 65 heavy (non-hydrogen) atoms. The topological polar surface area (TPSA) is 19.6 Å². The minimum absolute atomic E-state index is 0.00289. The van der Waals surface area contributed by atoms with Crippen molar-refractivity contribution in [3.05, 3.63) is 173 Å². The lowest BCUT2D eigenvalue weighted by Crippen LogP contribution is -2.61. The monoisotopic (exact) mass is 848 g/mol. The summed E-state index contributed by atoms with van der Waals surface area (Å²) in [6.07, 6.45) is 2.27. The summed E-state index contributed by atoms with van der Waals surface area (Å²) in [5.74, 6) is 0. The van der Waals surface area contributed by atoms with E-state index in [1.807, 2.05) is 0 Å². The van der Waals surface area contributed by atoms with Gasteiger partial charge in [-0.3, -0.25) is 0 Å². The van der Waals surface area contributed by atoms with Gasteiger partial charge >= 0.3 is 0 Å². The van der Waals surface area contributed by atoms with Gasteiger partial charge in [0.05, 0.1) is 17.0 Å². The van der Waals surface area contributed by atoms with Crippen molar-refractivity contribution in [2.75, 3.05) is 9.80 Å². The highest BCUT2D eigenvalue weighted by molar-refractivity contribution is 7.00. The maximum atomic E-state index is 7.47. The SMILES string of the molecule is Cc1cc2c3c(c1)N(c1ccccc1)c1c(oc4cc(C(C)(C)C)ccc14)B3c1cc3c(cc1N2c1c(-c2ccccc2)cc(C(C)(C)C)cc1-c1ccccc1)C(C)(C)CCC3(C)C. The van der Waals surface area contributed by atoms with Crippen molar-refractivity contribution in [2.24, 2.45) is 0 Å². The minimum atomic E-state index is -0.146. The first kappa shape index (κ1) is 41.4. The number of hydrogen-bond acceptors (Lipinski definition) is 3. The molecule has 4 heteroatoms. The first-order chi connectivity index (χ1) is 30.9. The first-order valence-electron chi connectivity index (χ1n) is 23.8. The fraction of sp³-hybridized carbons (Fsp3) is 0.279. The van der Waals surface area contributed by atoms with Crippen molar-refractivity contribution >= 4 is 68.4 Å². The van der Waals surface area contributed by atoms with E-state index in [1.54, 1.807) is 0 Å². The fourth-order valence-electron chi connectivity index (χ4n) is 11.2. The molecule has 3 aliphatic rings. The lowest BCUT2D eigenvalue weighted by Gasteiger charge is -2.47. The van der Waals surface area contributed by atoms with Crippen LogP contribution in [-0.2, 0) is 21.7 Å². The van der Waals surface area contributed by atoms with E-state index >= 15 is 0 Å². The molecule has 0 N–H and O–H groups in total. The van der Waals surface area contributed by atoms with Crippen LogP contribution in [0.3, 0.4) is 0 Å². The molecule has 3 heterocycles. The zero-order valence-electron chi connectivity index (χ0n) is 40.2. The van der Waals surface area contributed by atoms with Gasteiger partial charge in [0.15, 0.2) is 0 Å². The third-order valence-electron chi connectivity index (χ3n) is 15.0. The molecule has 1 aromatic heterocycles. The smallest absolute Gasteiger partial charge is 0.297 e. The molecular formula is C61H61BN2O.